The smallest absolute Gasteiger partial charge is 0.327 e. The van der Waals surface area contributed by atoms with Crippen LogP contribution in [0.25, 0.3) is 10.6 Å². The number of aryl methyl sites for hydroxylation is 1. The van der Waals surface area contributed by atoms with E-state index in [1.807, 2.05) is 6.92 Å². The second-order valence-corrected chi connectivity index (χ2v) is 6.84. The molecule has 28 heavy (non-hydrogen) atoms. The minimum atomic E-state index is -4.43. The summed E-state index contributed by atoms with van der Waals surface area (Å²) in [5.41, 5.74) is 0.444. The van der Waals surface area contributed by atoms with Crippen LogP contribution in [0.3, 0.4) is 0 Å². The Labute approximate surface area is 160 Å². The van der Waals surface area contributed by atoms with E-state index < -0.39 is 11.7 Å². The number of halogens is 3. The predicted molar refractivity (Wildman–Crippen MR) is 98.4 cm³/mol. The molecular weight excluding hydrogens is 393 g/mol. The lowest BCUT2D eigenvalue weighted by Gasteiger charge is -2.08. The Kier molecular flexibility index (Phi) is 4.38. The third kappa shape index (κ3) is 3.48. The van der Waals surface area contributed by atoms with Crippen LogP contribution in [0.2, 0.25) is 0 Å². The molecule has 0 atom stereocenters. The molecule has 3 aromatic heterocycles. The topological polar surface area (TPSA) is 77.1 Å². The molecule has 11 heteroatoms. The van der Waals surface area contributed by atoms with E-state index in [9.17, 15) is 18.0 Å². The second kappa shape index (κ2) is 6.75. The summed E-state index contributed by atoms with van der Waals surface area (Å²) in [6.45, 7) is 1.90. The fraction of sp³-hybridized carbons (Fsp3) is 0.176. The maximum absolute atomic E-state index is 12.9. The van der Waals surface area contributed by atoms with Crippen LogP contribution < -0.4 is 10.9 Å². The van der Waals surface area contributed by atoms with Crippen molar-refractivity contribution in [2.24, 2.45) is 0 Å². The molecule has 0 aliphatic carbocycles. The molecular formula is C17H13F3N6OS. The van der Waals surface area contributed by atoms with Gasteiger partial charge in [0.2, 0.25) is 10.1 Å². The van der Waals surface area contributed by atoms with E-state index in [1.165, 1.54) is 51.1 Å². The molecule has 0 radical (unpaired) electrons. The van der Waals surface area contributed by atoms with Gasteiger partial charge in [-0.2, -0.15) is 22.8 Å². The van der Waals surface area contributed by atoms with Crippen LogP contribution in [0.15, 0.2) is 47.5 Å². The molecule has 4 aromatic rings. The molecule has 0 spiro atoms. The summed E-state index contributed by atoms with van der Waals surface area (Å²) in [6, 6.07) is 6.30. The molecule has 1 aromatic carbocycles. The number of nitrogens with one attached hydrogen (secondary N) is 1. The maximum Gasteiger partial charge on any atom is 0.416 e. The molecule has 1 N–H and O–H groups in total. The van der Waals surface area contributed by atoms with Gasteiger partial charge >= 0.3 is 6.18 Å². The summed E-state index contributed by atoms with van der Waals surface area (Å²) in [6.07, 6.45) is -0.797. The highest BCUT2D eigenvalue weighted by molar-refractivity contribution is 7.20. The average Bonchev–Trinajstić information content (AvgIpc) is 3.28. The van der Waals surface area contributed by atoms with Crippen molar-refractivity contribution in [2.75, 3.05) is 5.32 Å². The zero-order valence-electron chi connectivity index (χ0n) is 14.4. The van der Waals surface area contributed by atoms with Gasteiger partial charge < -0.3 is 5.32 Å². The normalized spacial score (nSPS) is 11.9. The lowest BCUT2D eigenvalue weighted by Crippen LogP contribution is -2.15. The van der Waals surface area contributed by atoms with Crippen molar-refractivity contribution in [2.45, 2.75) is 19.5 Å². The van der Waals surface area contributed by atoms with Crippen molar-refractivity contribution in [3.8, 4) is 5.69 Å². The number of benzene rings is 1. The van der Waals surface area contributed by atoms with Crippen molar-refractivity contribution in [3.05, 3.63) is 64.3 Å². The number of hydrogen-bond acceptors (Lipinski definition) is 6. The first-order chi connectivity index (χ1) is 13.3. The Morgan fingerprint density at radius 1 is 1.25 bits per heavy atom. The Morgan fingerprint density at radius 2 is 2.07 bits per heavy atom. The summed E-state index contributed by atoms with van der Waals surface area (Å²) >= 11 is 1.19. The van der Waals surface area contributed by atoms with E-state index in [1.54, 1.807) is 0 Å². The highest BCUT2D eigenvalue weighted by Crippen LogP contribution is 2.30. The molecule has 0 saturated carbocycles. The first-order valence-corrected chi connectivity index (χ1v) is 9.04. The highest BCUT2D eigenvalue weighted by Gasteiger charge is 2.30. The van der Waals surface area contributed by atoms with E-state index in [2.05, 4.69) is 20.5 Å². The molecule has 0 unspecified atom stereocenters. The molecule has 3 heterocycles. The van der Waals surface area contributed by atoms with Crippen LogP contribution in [0, 0.1) is 0 Å². The number of fused-ring (bicyclic) bond motifs is 1. The van der Waals surface area contributed by atoms with Gasteiger partial charge in [-0.05, 0) is 24.6 Å². The third-order valence-electron chi connectivity index (χ3n) is 3.93. The van der Waals surface area contributed by atoms with Crippen molar-refractivity contribution < 1.29 is 13.2 Å². The predicted octanol–water partition coefficient (Wildman–Crippen LogP) is 3.66. The number of nitrogens with zero attached hydrogens (tertiary/aromatic N) is 5. The second-order valence-electron chi connectivity index (χ2n) is 5.89. The monoisotopic (exact) mass is 406 g/mol. The largest absolute Gasteiger partial charge is 0.416 e. The average molecular weight is 406 g/mol. The fourth-order valence-corrected chi connectivity index (χ4v) is 3.41. The van der Waals surface area contributed by atoms with E-state index in [4.69, 9.17) is 0 Å². The number of hydrogen-bond donors (Lipinski definition) is 1. The van der Waals surface area contributed by atoms with Gasteiger partial charge in [0.05, 0.1) is 29.3 Å². The van der Waals surface area contributed by atoms with Crippen LogP contribution in [0.5, 0.6) is 0 Å². The van der Waals surface area contributed by atoms with Crippen molar-refractivity contribution in [1.82, 2.24) is 24.4 Å². The number of anilines is 2. The maximum atomic E-state index is 12.9. The van der Waals surface area contributed by atoms with Gasteiger partial charge in [0.1, 0.15) is 0 Å². The minimum Gasteiger partial charge on any atom is -0.327 e. The zero-order valence-corrected chi connectivity index (χ0v) is 15.3. The van der Waals surface area contributed by atoms with Gasteiger partial charge in [0.25, 0.3) is 5.56 Å². The lowest BCUT2D eigenvalue weighted by atomic mass is 10.2. The number of alkyl halides is 3. The summed E-state index contributed by atoms with van der Waals surface area (Å²) in [7, 11) is 0. The Bertz CT molecular complexity index is 1210. The molecule has 0 aliphatic rings. The van der Waals surface area contributed by atoms with E-state index in [-0.39, 0.29) is 11.2 Å². The Balaban J connectivity index is 1.61. The van der Waals surface area contributed by atoms with Gasteiger partial charge in [-0.1, -0.05) is 24.3 Å². The molecule has 0 saturated heterocycles. The van der Waals surface area contributed by atoms with Gasteiger partial charge in [-0.3, -0.25) is 4.79 Å². The van der Waals surface area contributed by atoms with Crippen molar-refractivity contribution >= 4 is 27.1 Å². The number of aromatic nitrogens is 5. The summed E-state index contributed by atoms with van der Waals surface area (Å²) in [5, 5.41) is 11.7. The van der Waals surface area contributed by atoms with Gasteiger partial charge in [-0.15, -0.1) is 5.10 Å². The van der Waals surface area contributed by atoms with Crippen LogP contribution in [0.4, 0.5) is 24.0 Å². The first kappa shape index (κ1) is 18.2. The van der Waals surface area contributed by atoms with Crippen LogP contribution in [-0.4, -0.2) is 24.4 Å². The summed E-state index contributed by atoms with van der Waals surface area (Å²) in [4.78, 5) is 16.9. The third-order valence-corrected chi connectivity index (χ3v) is 4.76. The van der Waals surface area contributed by atoms with Crippen molar-refractivity contribution in [3.63, 3.8) is 0 Å². The quantitative estimate of drug-likeness (QED) is 0.560. The Hall–Kier alpha value is -3.21. The molecule has 7 nitrogen and oxygen atoms in total. The molecule has 4 rings (SSSR count). The first-order valence-electron chi connectivity index (χ1n) is 8.22. The summed E-state index contributed by atoms with van der Waals surface area (Å²) < 4.78 is 41.2. The number of rotatable bonds is 4. The minimum absolute atomic E-state index is 0.272. The van der Waals surface area contributed by atoms with Crippen molar-refractivity contribution in [1.29, 1.82) is 0 Å². The molecule has 0 fully saturated rings. The fourth-order valence-electron chi connectivity index (χ4n) is 2.56. The SMILES string of the molecule is CCc1cc(=O)n2nc(Nc3cnn(-c4cccc(C(F)(F)F)c4)c3)sc2n1. The van der Waals surface area contributed by atoms with Gasteiger partial charge in [-0.25, -0.2) is 9.67 Å². The molecule has 144 valence electrons. The van der Waals surface area contributed by atoms with Crippen LogP contribution in [-0.2, 0) is 12.6 Å². The van der Waals surface area contributed by atoms with Crippen LogP contribution in [0.1, 0.15) is 18.2 Å². The van der Waals surface area contributed by atoms with Gasteiger partial charge in [0.15, 0.2) is 0 Å². The lowest BCUT2D eigenvalue weighted by molar-refractivity contribution is -0.137. The molecule has 0 amide bonds. The highest BCUT2D eigenvalue weighted by atomic mass is 32.1. The Morgan fingerprint density at radius 3 is 2.82 bits per heavy atom. The van der Waals surface area contributed by atoms with Crippen LogP contribution >= 0.6 is 11.3 Å². The summed E-state index contributed by atoms with van der Waals surface area (Å²) in [5.74, 6) is 0. The van der Waals surface area contributed by atoms with E-state index in [0.717, 1.165) is 12.1 Å². The van der Waals surface area contributed by atoms with E-state index >= 15 is 0 Å². The van der Waals surface area contributed by atoms with Gasteiger partial charge in [0, 0.05) is 11.8 Å². The molecule has 0 bridgehead atoms. The zero-order chi connectivity index (χ0) is 19.9. The standard InChI is InChI=1S/C17H13F3N6OS/c1-2-11-7-14(27)26-16(23-11)28-15(24-26)22-12-8-21-25(9-12)13-5-3-4-10(6-13)17(18,19)20/h3-9H,2H2,1H3,(H,22,24). The van der Waals surface area contributed by atoms with E-state index in [0.29, 0.717) is 27.9 Å². The molecule has 0 aliphatic heterocycles.